The highest BCUT2D eigenvalue weighted by molar-refractivity contribution is 7.92. The first-order valence-corrected chi connectivity index (χ1v) is 3.94. The summed E-state index contributed by atoms with van der Waals surface area (Å²) in [5.41, 5.74) is -0.841. The second-order valence-electron chi connectivity index (χ2n) is 1.73. The van der Waals surface area contributed by atoms with Crippen LogP contribution in [0.4, 0.5) is 13.2 Å². The fourth-order valence-corrected chi connectivity index (χ4v) is 0.860. The monoisotopic (exact) mass is 190 g/mol. The third-order valence-corrected chi connectivity index (χ3v) is 2.09. The Morgan fingerprint density at radius 3 is 1.91 bits per heavy atom. The summed E-state index contributed by atoms with van der Waals surface area (Å²) in [5.74, 6) is -2.50. The van der Waals surface area contributed by atoms with Gasteiger partial charge >= 0.3 is 5.51 Å². The van der Waals surface area contributed by atoms with Gasteiger partial charge in [0.1, 0.15) is 11.6 Å². The van der Waals surface area contributed by atoms with E-state index >= 15 is 0 Å². The van der Waals surface area contributed by atoms with Crippen LogP contribution in [0, 0.1) is 5.41 Å². The van der Waals surface area contributed by atoms with E-state index < -0.39 is 26.9 Å². The zero-order valence-electron chi connectivity index (χ0n) is 5.14. The van der Waals surface area contributed by atoms with Crippen LogP contribution < -0.4 is 5.73 Å². The Bertz CT molecular complexity index is 254. The van der Waals surface area contributed by atoms with Crippen LogP contribution in [0.5, 0.6) is 0 Å². The Balaban J connectivity index is 4.64. The zero-order valence-corrected chi connectivity index (χ0v) is 5.96. The van der Waals surface area contributed by atoms with Crippen LogP contribution in [-0.4, -0.2) is 25.5 Å². The van der Waals surface area contributed by atoms with Crippen molar-refractivity contribution in [2.24, 2.45) is 5.73 Å². The van der Waals surface area contributed by atoms with Gasteiger partial charge in [0.05, 0.1) is 0 Å². The van der Waals surface area contributed by atoms with Crippen molar-refractivity contribution in [3.05, 3.63) is 0 Å². The quantitative estimate of drug-likeness (QED) is 0.469. The Morgan fingerprint density at radius 1 is 1.45 bits per heavy atom. The van der Waals surface area contributed by atoms with Crippen molar-refractivity contribution >= 4 is 15.7 Å². The van der Waals surface area contributed by atoms with Crippen molar-refractivity contribution < 1.29 is 21.6 Å². The zero-order chi connectivity index (χ0) is 9.28. The third kappa shape index (κ3) is 2.74. The Morgan fingerprint density at radius 2 is 1.82 bits per heavy atom. The van der Waals surface area contributed by atoms with Crippen LogP contribution in [0.3, 0.4) is 0 Å². The molecule has 0 heterocycles. The molecule has 0 radical (unpaired) electrons. The van der Waals surface area contributed by atoms with Gasteiger partial charge in [-0.1, -0.05) is 0 Å². The number of hydrogen-bond acceptors (Lipinski definition) is 3. The molecule has 0 aliphatic rings. The van der Waals surface area contributed by atoms with Gasteiger partial charge in [0.2, 0.25) is 0 Å². The SMILES string of the molecule is N=C(N)CS(=O)(=O)C(F)(F)F. The van der Waals surface area contributed by atoms with Gasteiger partial charge in [0.15, 0.2) is 0 Å². The topological polar surface area (TPSA) is 84.0 Å². The molecule has 8 heteroatoms. The predicted octanol–water partition coefficient (Wildman–Crippen LogP) is -0.143. The molecule has 0 saturated carbocycles. The molecule has 0 rings (SSSR count). The maximum Gasteiger partial charge on any atom is 0.497 e. The predicted molar refractivity (Wildman–Crippen MR) is 31.8 cm³/mol. The minimum atomic E-state index is -5.32. The molecule has 4 nitrogen and oxygen atoms in total. The lowest BCUT2D eigenvalue weighted by Gasteiger charge is -2.05. The van der Waals surface area contributed by atoms with Crippen LogP contribution in [0.15, 0.2) is 0 Å². The van der Waals surface area contributed by atoms with E-state index in [2.05, 4.69) is 5.73 Å². The normalized spacial score (nSPS) is 13.0. The molecule has 0 aromatic carbocycles. The first kappa shape index (κ1) is 10.2. The lowest BCUT2D eigenvalue weighted by atomic mass is 10.7. The van der Waals surface area contributed by atoms with Crippen LogP contribution in [0.1, 0.15) is 0 Å². The molecule has 0 saturated heterocycles. The number of amidine groups is 1. The average Bonchev–Trinajstić information content (AvgIpc) is 1.56. The van der Waals surface area contributed by atoms with Gasteiger partial charge in [0, 0.05) is 0 Å². The van der Waals surface area contributed by atoms with Gasteiger partial charge in [-0.15, -0.1) is 0 Å². The third-order valence-electron chi connectivity index (χ3n) is 0.698. The van der Waals surface area contributed by atoms with E-state index in [1.807, 2.05) is 0 Å². The molecule has 0 spiro atoms. The second kappa shape index (κ2) is 2.68. The summed E-state index contributed by atoms with van der Waals surface area (Å²) in [6, 6.07) is 0. The second-order valence-corrected chi connectivity index (χ2v) is 3.71. The molecular formula is C3H5F3N2O2S. The molecule has 66 valence electrons. The van der Waals surface area contributed by atoms with Crippen molar-refractivity contribution in [1.29, 1.82) is 5.41 Å². The number of rotatable bonds is 2. The molecule has 0 unspecified atom stereocenters. The molecule has 0 fully saturated rings. The number of nitrogens with two attached hydrogens (primary N) is 1. The molecule has 0 aromatic rings. The molecule has 0 bridgehead atoms. The highest BCUT2D eigenvalue weighted by Gasteiger charge is 2.45. The van der Waals surface area contributed by atoms with Gasteiger partial charge < -0.3 is 5.73 Å². The van der Waals surface area contributed by atoms with E-state index in [0.29, 0.717) is 0 Å². The Hall–Kier alpha value is -0.790. The number of sulfone groups is 1. The van der Waals surface area contributed by atoms with E-state index in [1.165, 1.54) is 0 Å². The van der Waals surface area contributed by atoms with Gasteiger partial charge in [-0.2, -0.15) is 13.2 Å². The smallest absolute Gasteiger partial charge is 0.387 e. The lowest BCUT2D eigenvalue weighted by molar-refractivity contribution is -0.0432. The summed E-state index contributed by atoms with van der Waals surface area (Å²) in [5, 5.41) is 6.33. The molecule has 0 aliphatic heterocycles. The first-order chi connectivity index (χ1) is 4.67. The van der Waals surface area contributed by atoms with Crippen LogP contribution in [0.25, 0.3) is 0 Å². The minimum Gasteiger partial charge on any atom is -0.387 e. The summed E-state index contributed by atoms with van der Waals surface area (Å²) >= 11 is 0. The van der Waals surface area contributed by atoms with Crippen molar-refractivity contribution in [2.75, 3.05) is 5.75 Å². The maximum atomic E-state index is 11.5. The molecule has 11 heavy (non-hydrogen) atoms. The first-order valence-electron chi connectivity index (χ1n) is 2.29. The van der Waals surface area contributed by atoms with Crippen molar-refractivity contribution in [3.63, 3.8) is 0 Å². The summed E-state index contributed by atoms with van der Waals surface area (Å²) in [4.78, 5) is 0. The lowest BCUT2D eigenvalue weighted by Crippen LogP contribution is -2.32. The summed E-state index contributed by atoms with van der Waals surface area (Å²) in [6.07, 6.45) is 0. The average molecular weight is 190 g/mol. The van der Waals surface area contributed by atoms with E-state index in [-0.39, 0.29) is 0 Å². The van der Waals surface area contributed by atoms with Crippen molar-refractivity contribution in [1.82, 2.24) is 0 Å². The van der Waals surface area contributed by atoms with Gasteiger partial charge in [-0.3, -0.25) is 5.41 Å². The van der Waals surface area contributed by atoms with Crippen LogP contribution >= 0.6 is 0 Å². The van der Waals surface area contributed by atoms with Gasteiger partial charge in [-0.25, -0.2) is 8.42 Å². The van der Waals surface area contributed by atoms with E-state index in [0.717, 1.165) is 0 Å². The van der Waals surface area contributed by atoms with E-state index in [4.69, 9.17) is 5.41 Å². The summed E-state index contributed by atoms with van der Waals surface area (Å²) in [7, 11) is -5.25. The highest BCUT2D eigenvalue weighted by atomic mass is 32.2. The molecular weight excluding hydrogens is 185 g/mol. The van der Waals surface area contributed by atoms with Crippen molar-refractivity contribution in [2.45, 2.75) is 5.51 Å². The van der Waals surface area contributed by atoms with Gasteiger partial charge in [-0.05, 0) is 0 Å². The highest BCUT2D eigenvalue weighted by Crippen LogP contribution is 2.23. The number of halogens is 3. The summed E-state index contributed by atoms with van der Waals surface area (Å²) < 4.78 is 54.6. The summed E-state index contributed by atoms with van der Waals surface area (Å²) in [6.45, 7) is 0. The fourth-order valence-electron chi connectivity index (χ4n) is 0.287. The van der Waals surface area contributed by atoms with Crippen molar-refractivity contribution in [3.8, 4) is 0 Å². The van der Waals surface area contributed by atoms with Crippen LogP contribution in [0.2, 0.25) is 0 Å². The molecule has 3 N–H and O–H groups in total. The molecule has 0 amide bonds. The van der Waals surface area contributed by atoms with E-state index in [9.17, 15) is 21.6 Å². The molecule has 0 atom stereocenters. The number of nitrogens with one attached hydrogen (secondary N) is 1. The van der Waals surface area contributed by atoms with Gasteiger partial charge in [0.25, 0.3) is 9.84 Å². The Kier molecular flexibility index (Phi) is 2.49. The fraction of sp³-hybridized carbons (Fsp3) is 0.667. The number of alkyl halides is 3. The maximum absolute atomic E-state index is 11.5. The number of hydrogen-bond donors (Lipinski definition) is 2. The van der Waals surface area contributed by atoms with Crippen LogP contribution in [-0.2, 0) is 9.84 Å². The Labute approximate surface area is 60.6 Å². The standard InChI is InChI=1S/C3H5F3N2O2S/c4-3(5,6)11(9,10)1-2(7)8/h1H2,(H3,7,8). The molecule has 0 aliphatic carbocycles. The largest absolute Gasteiger partial charge is 0.497 e. The molecule has 0 aromatic heterocycles. The minimum absolute atomic E-state index is 1.03. The van der Waals surface area contributed by atoms with E-state index in [1.54, 1.807) is 0 Å².